The molecule has 1 aliphatic heterocycles. The number of nitrogens with zero attached hydrogens (tertiary/aromatic N) is 3. The molecule has 2 heterocycles. The average molecular weight is 377 g/mol. The van der Waals surface area contributed by atoms with Crippen LogP contribution in [0.25, 0.3) is 11.0 Å². The van der Waals surface area contributed by atoms with Gasteiger partial charge in [-0.3, -0.25) is 4.79 Å². The van der Waals surface area contributed by atoms with Crippen molar-refractivity contribution in [3.8, 4) is 0 Å². The van der Waals surface area contributed by atoms with Gasteiger partial charge in [0.1, 0.15) is 11.9 Å². The molecule has 1 aromatic carbocycles. The lowest BCUT2D eigenvalue weighted by Crippen LogP contribution is -2.44. The second-order valence-corrected chi connectivity index (χ2v) is 7.38. The van der Waals surface area contributed by atoms with E-state index in [4.69, 9.17) is 4.52 Å². The molecule has 0 spiro atoms. The van der Waals surface area contributed by atoms with Crippen LogP contribution in [0.5, 0.6) is 0 Å². The summed E-state index contributed by atoms with van der Waals surface area (Å²) in [5.74, 6) is -0.190. The maximum absolute atomic E-state index is 13.7. The van der Waals surface area contributed by atoms with Crippen molar-refractivity contribution in [2.24, 2.45) is 0 Å². The number of aliphatic hydroxyl groups is 1. The number of likely N-dealkylation sites (N-methyl/N-ethyl adjacent to an activating group) is 1. The van der Waals surface area contributed by atoms with Crippen LogP contribution < -0.4 is 0 Å². The number of aliphatic hydroxyl groups excluding tert-OH is 1. The lowest BCUT2D eigenvalue weighted by molar-refractivity contribution is -0.139. The molecule has 6 nitrogen and oxygen atoms in total. The van der Waals surface area contributed by atoms with Gasteiger partial charge in [-0.1, -0.05) is 5.16 Å². The van der Waals surface area contributed by atoms with Gasteiger partial charge in [-0.15, -0.1) is 0 Å². The van der Waals surface area contributed by atoms with Gasteiger partial charge in [0.05, 0.1) is 5.69 Å². The van der Waals surface area contributed by atoms with Crippen LogP contribution in [0.1, 0.15) is 43.9 Å². The predicted octanol–water partition coefficient (Wildman–Crippen LogP) is 2.68. The van der Waals surface area contributed by atoms with Gasteiger partial charge in [0.25, 0.3) is 5.91 Å². The number of rotatable bonds is 6. The van der Waals surface area contributed by atoms with Crippen molar-refractivity contribution in [2.45, 2.75) is 45.6 Å². The van der Waals surface area contributed by atoms with Crippen molar-refractivity contribution in [3.63, 3.8) is 0 Å². The number of fused-ring (bicyclic) bond motifs is 1. The minimum absolute atomic E-state index is 0.218. The number of hydrogen-bond acceptors (Lipinski definition) is 5. The SMILES string of the molecule is CCN(CCN1CCC(c2noc3cc(F)c(C)cc23)CC1)C(=O)[C@H](C)O. The Balaban J connectivity index is 1.58. The number of aryl methyl sites for hydroxylation is 1. The second kappa shape index (κ2) is 8.35. The van der Waals surface area contributed by atoms with Gasteiger partial charge in [-0.05, 0) is 58.3 Å². The monoisotopic (exact) mass is 377 g/mol. The summed E-state index contributed by atoms with van der Waals surface area (Å²) in [4.78, 5) is 16.0. The second-order valence-electron chi connectivity index (χ2n) is 7.38. The summed E-state index contributed by atoms with van der Waals surface area (Å²) in [6.07, 6.45) is 0.952. The third-order valence-corrected chi connectivity index (χ3v) is 5.49. The minimum Gasteiger partial charge on any atom is -0.384 e. The first kappa shape index (κ1) is 19.8. The van der Waals surface area contributed by atoms with Crippen LogP contribution >= 0.6 is 0 Å². The highest BCUT2D eigenvalue weighted by Crippen LogP contribution is 2.33. The Bertz CT molecular complexity index is 797. The minimum atomic E-state index is -0.954. The number of hydrogen-bond donors (Lipinski definition) is 1. The van der Waals surface area contributed by atoms with Crippen molar-refractivity contribution >= 4 is 16.9 Å². The molecule has 27 heavy (non-hydrogen) atoms. The van der Waals surface area contributed by atoms with Gasteiger partial charge in [0, 0.05) is 37.0 Å². The fraction of sp³-hybridized carbons (Fsp3) is 0.600. The van der Waals surface area contributed by atoms with Crippen LogP contribution in [-0.2, 0) is 4.79 Å². The van der Waals surface area contributed by atoms with E-state index >= 15 is 0 Å². The maximum atomic E-state index is 13.7. The van der Waals surface area contributed by atoms with Gasteiger partial charge in [0.2, 0.25) is 0 Å². The number of benzene rings is 1. The Labute approximate surface area is 158 Å². The van der Waals surface area contributed by atoms with Gasteiger partial charge in [0.15, 0.2) is 5.58 Å². The molecule has 1 aromatic heterocycles. The predicted molar refractivity (Wildman–Crippen MR) is 101 cm³/mol. The van der Waals surface area contributed by atoms with E-state index in [1.54, 1.807) is 11.8 Å². The van der Waals surface area contributed by atoms with E-state index in [-0.39, 0.29) is 11.7 Å². The van der Waals surface area contributed by atoms with E-state index in [1.807, 2.05) is 13.0 Å². The molecule has 1 aliphatic rings. The van der Waals surface area contributed by atoms with Crippen molar-refractivity contribution in [1.29, 1.82) is 0 Å². The molecule has 0 saturated carbocycles. The average Bonchev–Trinajstić information content (AvgIpc) is 3.05. The standard InChI is InChI=1S/C20H28FN3O3/c1-4-24(20(26)14(3)25)10-9-23-7-5-15(6-8-23)19-16-11-13(2)17(21)12-18(16)27-22-19/h11-12,14-15,25H,4-10H2,1-3H3/t14-/m0/s1. The van der Waals surface area contributed by atoms with E-state index in [0.29, 0.717) is 30.2 Å². The summed E-state index contributed by atoms with van der Waals surface area (Å²) in [5, 5.41) is 14.6. The lowest BCUT2D eigenvalue weighted by atomic mass is 9.91. The molecule has 1 amide bonds. The Morgan fingerprint density at radius 1 is 1.44 bits per heavy atom. The molecule has 0 aliphatic carbocycles. The Morgan fingerprint density at radius 2 is 2.15 bits per heavy atom. The number of amides is 1. The first-order valence-electron chi connectivity index (χ1n) is 9.65. The summed E-state index contributed by atoms with van der Waals surface area (Å²) < 4.78 is 19.0. The molecule has 7 heteroatoms. The summed E-state index contributed by atoms with van der Waals surface area (Å²) >= 11 is 0. The van der Waals surface area contributed by atoms with Crippen LogP contribution in [0.2, 0.25) is 0 Å². The first-order chi connectivity index (χ1) is 12.9. The smallest absolute Gasteiger partial charge is 0.251 e. The Kier molecular flexibility index (Phi) is 6.11. The number of aromatic nitrogens is 1. The fourth-order valence-electron chi connectivity index (χ4n) is 3.76. The quantitative estimate of drug-likeness (QED) is 0.838. The number of likely N-dealkylation sites (tertiary alicyclic amines) is 1. The molecular formula is C20H28FN3O3. The van der Waals surface area contributed by atoms with Gasteiger partial charge >= 0.3 is 0 Å². The van der Waals surface area contributed by atoms with Crippen LogP contribution in [-0.4, -0.2) is 64.8 Å². The zero-order valence-electron chi connectivity index (χ0n) is 16.2. The molecular weight excluding hydrogens is 349 g/mol. The van der Waals surface area contributed by atoms with Crippen molar-refractivity contribution in [2.75, 3.05) is 32.7 Å². The largest absolute Gasteiger partial charge is 0.384 e. The summed E-state index contributed by atoms with van der Waals surface area (Å²) in [7, 11) is 0. The highest BCUT2D eigenvalue weighted by molar-refractivity contribution is 5.81. The first-order valence-corrected chi connectivity index (χ1v) is 9.65. The molecule has 148 valence electrons. The molecule has 0 radical (unpaired) electrons. The Hall–Kier alpha value is -1.99. The number of piperidine rings is 1. The normalized spacial score (nSPS) is 17.4. The highest BCUT2D eigenvalue weighted by Gasteiger charge is 2.26. The van der Waals surface area contributed by atoms with E-state index in [2.05, 4.69) is 10.1 Å². The molecule has 0 bridgehead atoms. The molecule has 3 rings (SSSR count). The van der Waals surface area contributed by atoms with Crippen molar-refractivity contribution < 1.29 is 18.8 Å². The third-order valence-electron chi connectivity index (χ3n) is 5.49. The van der Waals surface area contributed by atoms with Crippen molar-refractivity contribution in [1.82, 2.24) is 15.0 Å². The van der Waals surface area contributed by atoms with Gasteiger partial charge in [-0.25, -0.2) is 4.39 Å². The molecule has 1 N–H and O–H groups in total. The van der Waals surface area contributed by atoms with Gasteiger partial charge < -0.3 is 19.4 Å². The van der Waals surface area contributed by atoms with Crippen LogP contribution in [0, 0.1) is 12.7 Å². The van der Waals surface area contributed by atoms with Crippen LogP contribution in [0.3, 0.4) is 0 Å². The summed E-state index contributed by atoms with van der Waals surface area (Å²) in [6.45, 7) is 9.03. The van der Waals surface area contributed by atoms with Crippen molar-refractivity contribution in [3.05, 3.63) is 29.2 Å². The number of halogens is 1. The van der Waals surface area contributed by atoms with Crippen LogP contribution in [0.15, 0.2) is 16.7 Å². The number of carbonyl (C=O) groups excluding carboxylic acids is 1. The molecule has 2 aromatic rings. The van der Waals surface area contributed by atoms with Gasteiger partial charge in [-0.2, -0.15) is 0 Å². The summed E-state index contributed by atoms with van der Waals surface area (Å²) in [6, 6.07) is 3.23. The summed E-state index contributed by atoms with van der Waals surface area (Å²) in [5.41, 5.74) is 2.03. The highest BCUT2D eigenvalue weighted by atomic mass is 19.1. The lowest BCUT2D eigenvalue weighted by Gasteiger charge is -2.33. The fourth-order valence-corrected chi connectivity index (χ4v) is 3.76. The third kappa shape index (κ3) is 4.30. The van der Waals surface area contributed by atoms with E-state index in [0.717, 1.165) is 43.6 Å². The molecule has 1 fully saturated rings. The topological polar surface area (TPSA) is 69.8 Å². The zero-order chi connectivity index (χ0) is 19.6. The van der Waals surface area contributed by atoms with E-state index in [9.17, 15) is 14.3 Å². The van der Waals surface area contributed by atoms with E-state index in [1.165, 1.54) is 13.0 Å². The molecule has 0 unspecified atom stereocenters. The molecule has 1 atom stereocenters. The van der Waals surface area contributed by atoms with E-state index < -0.39 is 6.10 Å². The number of carbonyl (C=O) groups is 1. The Morgan fingerprint density at radius 3 is 2.78 bits per heavy atom. The maximum Gasteiger partial charge on any atom is 0.251 e. The van der Waals surface area contributed by atoms with Crippen LogP contribution in [0.4, 0.5) is 4.39 Å². The molecule has 1 saturated heterocycles. The zero-order valence-corrected chi connectivity index (χ0v) is 16.2.